The average Bonchev–Trinajstić information content (AvgIpc) is 2.77. The molecule has 0 aliphatic rings. The minimum atomic E-state index is -0.204. The quantitative estimate of drug-likeness (QED) is 0.660. The zero-order chi connectivity index (χ0) is 13.7. The van der Waals surface area contributed by atoms with E-state index in [-0.39, 0.29) is 18.1 Å². The third-order valence-corrected chi connectivity index (χ3v) is 3.24. The molecule has 2 aromatic rings. The van der Waals surface area contributed by atoms with Crippen molar-refractivity contribution in [2.75, 3.05) is 0 Å². The first-order chi connectivity index (χ1) is 9.13. The molecule has 1 heterocycles. The van der Waals surface area contributed by atoms with Crippen LogP contribution in [0.15, 0.2) is 34.7 Å². The first kappa shape index (κ1) is 13.2. The highest BCUT2D eigenvalue weighted by atomic mass is 32.1. The number of nitrogens with one attached hydrogen (secondary N) is 1. The molecule has 98 valence electrons. The molecule has 0 atom stereocenters. The predicted octanol–water partition coefficient (Wildman–Crippen LogP) is 1.85. The average molecular weight is 275 g/mol. The number of nitrogens with zero attached hydrogens (tertiary/aromatic N) is 2. The van der Waals surface area contributed by atoms with E-state index in [0.29, 0.717) is 0 Å². The van der Waals surface area contributed by atoms with Crippen molar-refractivity contribution in [3.05, 3.63) is 45.9 Å². The van der Waals surface area contributed by atoms with E-state index in [9.17, 15) is 4.79 Å². The van der Waals surface area contributed by atoms with E-state index in [1.807, 2.05) is 12.3 Å². The molecule has 1 aromatic carbocycles. The summed E-state index contributed by atoms with van der Waals surface area (Å²) in [5.41, 5.74) is 4.15. The zero-order valence-electron chi connectivity index (χ0n) is 10.3. The van der Waals surface area contributed by atoms with Crippen molar-refractivity contribution < 1.29 is 9.90 Å². The summed E-state index contributed by atoms with van der Waals surface area (Å²) in [6.07, 6.45) is 1.75. The Balaban J connectivity index is 1.84. The molecule has 0 unspecified atom stereocenters. The Bertz CT molecular complexity index is 590. The van der Waals surface area contributed by atoms with Crippen molar-refractivity contribution in [3.8, 4) is 5.75 Å². The van der Waals surface area contributed by atoms with Gasteiger partial charge >= 0.3 is 0 Å². The Kier molecular flexibility index (Phi) is 4.25. The molecular formula is C13H13N3O2S. The number of aromatic hydroxyl groups is 1. The number of aryl methyl sites for hydroxylation is 1. The van der Waals surface area contributed by atoms with Crippen molar-refractivity contribution in [1.82, 2.24) is 10.4 Å². The number of hydrazone groups is 1. The standard InChI is InChI=1S/C13H13N3O2S/c1-9-8-19-13(15-9)6-12(18)16-14-7-10-2-4-11(17)5-3-10/h2-5,7-8,17H,6H2,1H3,(H,16,18)/b14-7+. The maximum absolute atomic E-state index is 11.6. The molecule has 0 spiro atoms. The second-order valence-corrected chi connectivity index (χ2v) is 4.89. The lowest BCUT2D eigenvalue weighted by molar-refractivity contribution is -0.120. The molecule has 5 nitrogen and oxygen atoms in total. The molecule has 0 aliphatic heterocycles. The van der Waals surface area contributed by atoms with Gasteiger partial charge in [-0.3, -0.25) is 4.79 Å². The predicted molar refractivity (Wildman–Crippen MR) is 74.4 cm³/mol. The first-order valence-electron chi connectivity index (χ1n) is 5.65. The van der Waals surface area contributed by atoms with Crippen LogP contribution in [0.2, 0.25) is 0 Å². The summed E-state index contributed by atoms with van der Waals surface area (Å²) >= 11 is 1.46. The van der Waals surface area contributed by atoms with Gasteiger partial charge in [0.25, 0.3) is 0 Å². The Labute approximate surface area is 114 Å². The highest BCUT2D eigenvalue weighted by Gasteiger charge is 2.05. The van der Waals surface area contributed by atoms with Gasteiger partial charge in [-0.15, -0.1) is 11.3 Å². The molecule has 0 aliphatic carbocycles. The monoisotopic (exact) mass is 275 g/mol. The number of hydrogen-bond donors (Lipinski definition) is 2. The minimum Gasteiger partial charge on any atom is -0.508 e. The number of amides is 1. The third kappa shape index (κ3) is 4.18. The van der Waals surface area contributed by atoms with Gasteiger partial charge < -0.3 is 5.11 Å². The summed E-state index contributed by atoms with van der Waals surface area (Å²) in [5, 5.41) is 15.6. The highest BCUT2D eigenvalue weighted by molar-refractivity contribution is 7.09. The summed E-state index contributed by atoms with van der Waals surface area (Å²) in [5.74, 6) is -0.00953. The number of benzene rings is 1. The van der Waals surface area contributed by atoms with Gasteiger partial charge in [-0.2, -0.15) is 5.10 Å². The smallest absolute Gasteiger partial charge is 0.246 e. The van der Waals surface area contributed by atoms with Crippen LogP contribution in [0.1, 0.15) is 16.3 Å². The van der Waals surface area contributed by atoms with Crippen molar-refractivity contribution >= 4 is 23.5 Å². The van der Waals surface area contributed by atoms with Gasteiger partial charge in [0.2, 0.25) is 5.91 Å². The van der Waals surface area contributed by atoms with Gasteiger partial charge in [0.05, 0.1) is 12.6 Å². The summed E-state index contributed by atoms with van der Waals surface area (Å²) in [4.78, 5) is 15.8. The van der Waals surface area contributed by atoms with Crippen LogP contribution in [0.25, 0.3) is 0 Å². The molecule has 2 N–H and O–H groups in total. The van der Waals surface area contributed by atoms with Crippen molar-refractivity contribution in [1.29, 1.82) is 0 Å². The molecule has 0 fully saturated rings. The number of phenolic OH excluding ortho intramolecular Hbond substituents is 1. The highest BCUT2D eigenvalue weighted by Crippen LogP contribution is 2.09. The Morgan fingerprint density at radius 1 is 1.47 bits per heavy atom. The van der Waals surface area contributed by atoms with Crippen molar-refractivity contribution in [2.45, 2.75) is 13.3 Å². The number of thiazole rings is 1. The zero-order valence-corrected chi connectivity index (χ0v) is 11.1. The maximum atomic E-state index is 11.6. The second-order valence-electron chi connectivity index (χ2n) is 3.94. The molecule has 0 saturated carbocycles. The Hall–Kier alpha value is -2.21. The fourth-order valence-corrected chi connectivity index (χ4v) is 2.17. The van der Waals surface area contributed by atoms with Gasteiger partial charge in [-0.1, -0.05) is 0 Å². The summed E-state index contributed by atoms with van der Waals surface area (Å²) in [7, 11) is 0. The van der Waals surface area contributed by atoms with Crippen LogP contribution >= 0.6 is 11.3 Å². The molecule has 1 amide bonds. The van der Waals surface area contributed by atoms with E-state index < -0.39 is 0 Å². The van der Waals surface area contributed by atoms with Crippen LogP contribution in [-0.4, -0.2) is 22.2 Å². The SMILES string of the molecule is Cc1csc(CC(=O)N/N=C/c2ccc(O)cc2)n1. The molecular weight excluding hydrogens is 262 g/mol. The fraction of sp³-hybridized carbons (Fsp3) is 0.154. The second kappa shape index (κ2) is 6.10. The van der Waals surface area contributed by atoms with Crippen LogP contribution in [-0.2, 0) is 11.2 Å². The molecule has 0 bridgehead atoms. The van der Waals surface area contributed by atoms with E-state index in [0.717, 1.165) is 16.3 Å². The lowest BCUT2D eigenvalue weighted by Gasteiger charge is -1.97. The lowest BCUT2D eigenvalue weighted by atomic mass is 10.2. The molecule has 2 rings (SSSR count). The van der Waals surface area contributed by atoms with E-state index in [4.69, 9.17) is 5.11 Å². The van der Waals surface area contributed by atoms with Gasteiger partial charge in [-0.25, -0.2) is 10.4 Å². The van der Waals surface area contributed by atoms with Crippen LogP contribution in [0.5, 0.6) is 5.75 Å². The summed E-state index contributed by atoms with van der Waals surface area (Å²) in [6, 6.07) is 6.52. The lowest BCUT2D eigenvalue weighted by Crippen LogP contribution is -2.19. The van der Waals surface area contributed by atoms with Crippen LogP contribution in [0, 0.1) is 6.92 Å². The largest absolute Gasteiger partial charge is 0.508 e. The van der Waals surface area contributed by atoms with Crippen molar-refractivity contribution in [3.63, 3.8) is 0 Å². The first-order valence-corrected chi connectivity index (χ1v) is 6.53. The summed E-state index contributed by atoms with van der Waals surface area (Å²) in [6.45, 7) is 1.89. The van der Waals surface area contributed by atoms with Gasteiger partial charge in [0.15, 0.2) is 0 Å². The van der Waals surface area contributed by atoms with Gasteiger partial charge in [0.1, 0.15) is 10.8 Å². The van der Waals surface area contributed by atoms with Crippen LogP contribution in [0.3, 0.4) is 0 Å². The van der Waals surface area contributed by atoms with Crippen LogP contribution in [0.4, 0.5) is 0 Å². The number of carbonyl (C=O) groups is 1. The number of phenols is 1. The molecule has 6 heteroatoms. The van der Waals surface area contributed by atoms with Gasteiger partial charge in [-0.05, 0) is 36.8 Å². The maximum Gasteiger partial charge on any atom is 0.246 e. The number of rotatable bonds is 4. The number of carbonyl (C=O) groups excluding carboxylic acids is 1. The van der Waals surface area contributed by atoms with E-state index in [1.54, 1.807) is 24.3 Å². The summed E-state index contributed by atoms with van der Waals surface area (Å²) < 4.78 is 0. The normalized spacial score (nSPS) is 10.8. The Morgan fingerprint density at radius 2 is 2.21 bits per heavy atom. The Morgan fingerprint density at radius 3 is 2.84 bits per heavy atom. The fourth-order valence-electron chi connectivity index (χ4n) is 1.40. The number of hydrogen-bond acceptors (Lipinski definition) is 5. The number of aromatic nitrogens is 1. The third-order valence-electron chi connectivity index (χ3n) is 2.27. The van der Waals surface area contributed by atoms with E-state index in [2.05, 4.69) is 15.5 Å². The van der Waals surface area contributed by atoms with Crippen molar-refractivity contribution in [2.24, 2.45) is 5.10 Å². The van der Waals surface area contributed by atoms with Gasteiger partial charge in [0, 0.05) is 11.1 Å². The van der Waals surface area contributed by atoms with E-state index in [1.165, 1.54) is 17.6 Å². The molecule has 1 aromatic heterocycles. The minimum absolute atomic E-state index is 0.195. The van der Waals surface area contributed by atoms with Crippen LogP contribution < -0.4 is 5.43 Å². The topological polar surface area (TPSA) is 74.6 Å². The molecule has 19 heavy (non-hydrogen) atoms. The molecule has 0 radical (unpaired) electrons. The van der Waals surface area contributed by atoms with E-state index >= 15 is 0 Å². The molecule has 0 saturated heterocycles.